The number of aryl methyl sites for hydroxylation is 1. The fourth-order valence-corrected chi connectivity index (χ4v) is 1.90. The summed E-state index contributed by atoms with van der Waals surface area (Å²) >= 11 is 0. The summed E-state index contributed by atoms with van der Waals surface area (Å²) < 4.78 is 0. The lowest BCUT2D eigenvalue weighted by Gasteiger charge is -2.32. The van der Waals surface area contributed by atoms with Gasteiger partial charge in [0.25, 0.3) is 0 Å². The molecule has 0 heterocycles. The van der Waals surface area contributed by atoms with Crippen molar-refractivity contribution >= 4 is 5.69 Å². The van der Waals surface area contributed by atoms with E-state index in [1.807, 2.05) is 0 Å². The van der Waals surface area contributed by atoms with Crippen LogP contribution in [0.1, 0.15) is 32.8 Å². The van der Waals surface area contributed by atoms with Crippen molar-refractivity contribution in [3.05, 3.63) is 46.8 Å². The molecule has 0 saturated heterocycles. The summed E-state index contributed by atoms with van der Waals surface area (Å²) in [5.74, 6) is 0. The average Bonchev–Trinajstić information content (AvgIpc) is 2.13. The predicted octanol–water partition coefficient (Wildman–Crippen LogP) is 4.29. The Hall–Kier alpha value is -1.46. The van der Waals surface area contributed by atoms with Crippen LogP contribution in [0.5, 0.6) is 0 Å². The highest BCUT2D eigenvalue weighted by Crippen LogP contribution is 2.37. The summed E-state index contributed by atoms with van der Waals surface area (Å²) in [5.41, 5.74) is 9.01. The van der Waals surface area contributed by atoms with Crippen LogP contribution in [-0.2, 0) is 0 Å². The standard InChI is InChI=1S/C16H21N/c1-12-6-8-14(9-7-12)17(5)15-10-13(11-15)16(2,3)4/h6-9H,10H2,1-5H3. The summed E-state index contributed by atoms with van der Waals surface area (Å²) in [7, 11) is 2.12. The third-order valence-electron chi connectivity index (χ3n) is 3.37. The zero-order valence-corrected chi connectivity index (χ0v) is 11.5. The van der Waals surface area contributed by atoms with Crippen molar-refractivity contribution in [1.82, 2.24) is 0 Å². The largest absolute Gasteiger partial charge is 0.341 e. The number of benzene rings is 1. The van der Waals surface area contributed by atoms with E-state index in [9.17, 15) is 0 Å². The molecular formula is C16H21N. The van der Waals surface area contributed by atoms with Gasteiger partial charge in [-0.15, -0.1) is 0 Å². The molecule has 0 radical (unpaired) electrons. The first-order valence-corrected chi connectivity index (χ1v) is 6.17. The fourth-order valence-electron chi connectivity index (χ4n) is 1.90. The maximum absolute atomic E-state index is 3.49. The quantitative estimate of drug-likeness (QED) is 0.681. The number of hydrogen-bond acceptors (Lipinski definition) is 1. The zero-order valence-electron chi connectivity index (χ0n) is 11.5. The lowest BCUT2D eigenvalue weighted by Crippen LogP contribution is -2.24. The van der Waals surface area contributed by atoms with E-state index in [0.29, 0.717) is 0 Å². The number of hydrogen-bond donors (Lipinski definition) is 0. The smallest absolute Gasteiger partial charge is 0.0653 e. The van der Waals surface area contributed by atoms with Crippen LogP contribution in [0.3, 0.4) is 0 Å². The minimum absolute atomic E-state index is 0.262. The molecule has 0 spiro atoms. The van der Waals surface area contributed by atoms with Crippen molar-refractivity contribution in [3.8, 4) is 0 Å². The van der Waals surface area contributed by atoms with Crippen LogP contribution in [-0.4, -0.2) is 7.05 Å². The van der Waals surface area contributed by atoms with E-state index in [-0.39, 0.29) is 5.41 Å². The highest BCUT2D eigenvalue weighted by atomic mass is 15.1. The van der Waals surface area contributed by atoms with Gasteiger partial charge in [-0.05, 0) is 30.0 Å². The van der Waals surface area contributed by atoms with Gasteiger partial charge >= 0.3 is 0 Å². The number of rotatable bonds is 2. The Kier molecular flexibility index (Phi) is 2.89. The van der Waals surface area contributed by atoms with Crippen molar-refractivity contribution < 1.29 is 0 Å². The van der Waals surface area contributed by atoms with E-state index in [4.69, 9.17) is 0 Å². The van der Waals surface area contributed by atoms with Crippen LogP contribution in [0.2, 0.25) is 0 Å². The van der Waals surface area contributed by atoms with Gasteiger partial charge in [-0.2, -0.15) is 0 Å². The first-order valence-electron chi connectivity index (χ1n) is 6.17. The Morgan fingerprint density at radius 2 is 1.65 bits per heavy atom. The Balaban J connectivity index is 2.22. The first kappa shape index (κ1) is 12.0. The Bertz CT molecular complexity index is 479. The summed E-state index contributed by atoms with van der Waals surface area (Å²) in [6, 6.07) is 8.64. The molecule has 1 aromatic carbocycles. The molecule has 0 bridgehead atoms. The van der Waals surface area contributed by atoms with E-state index in [0.717, 1.165) is 6.42 Å². The molecule has 0 aliphatic heterocycles. The van der Waals surface area contributed by atoms with Crippen molar-refractivity contribution in [1.29, 1.82) is 0 Å². The average molecular weight is 227 g/mol. The molecule has 90 valence electrons. The molecule has 0 amide bonds. The van der Waals surface area contributed by atoms with Gasteiger partial charge in [0.2, 0.25) is 0 Å². The highest BCUT2D eigenvalue weighted by Gasteiger charge is 2.25. The molecule has 0 fully saturated rings. The topological polar surface area (TPSA) is 3.24 Å². The van der Waals surface area contributed by atoms with E-state index in [1.165, 1.54) is 22.5 Å². The molecule has 0 unspecified atom stereocenters. The van der Waals surface area contributed by atoms with Gasteiger partial charge in [-0.3, -0.25) is 0 Å². The van der Waals surface area contributed by atoms with Gasteiger partial charge < -0.3 is 4.90 Å². The normalized spacial score (nSPS) is 14.9. The van der Waals surface area contributed by atoms with Crippen molar-refractivity contribution in [2.24, 2.45) is 5.41 Å². The van der Waals surface area contributed by atoms with Crippen LogP contribution in [0.15, 0.2) is 41.3 Å². The third kappa shape index (κ3) is 2.45. The molecule has 0 saturated carbocycles. The molecule has 1 aliphatic rings. The molecule has 2 rings (SSSR count). The van der Waals surface area contributed by atoms with Crippen LogP contribution in [0.4, 0.5) is 5.69 Å². The Labute approximate surface area is 104 Å². The van der Waals surface area contributed by atoms with Gasteiger partial charge in [0.1, 0.15) is 0 Å². The van der Waals surface area contributed by atoms with Crippen LogP contribution < -0.4 is 4.90 Å². The molecule has 17 heavy (non-hydrogen) atoms. The minimum Gasteiger partial charge on any atom is -0.341 e. The summed E-state index contributed by atoms with van der Waals surface area (Å²) in [5, 5.41) is 0. The lowest BCUT2D eigenvalue weighted by molar-refractivity contribution is 0.481. The maximum Gasteiger partial charge on any atom is 0.0653 e. The van der Waals surface area contributed by atoms with Crippen LogP contribution >= 0.6 is 0 Å². The van der Waals surface area contributed by atoms with Gasteiger partial charge in [0.15, 0.2) is 0 Å². The van der Waals surface area contributed by atoms with Gasteiger partial charge in [0, 0.05) is 19.2 Å². The van der Waals surface area contributed by atoms with Crippen molar-refractivity contribution in [3.63, 3.8) is 0 Å². The Morgan fingerprint density at radius 3 is 2.12 bits per heavy atom. The van der Waals surface area contributed by atoms with Gasteiger partial charge in [-0.1, -0.05) is 44.2 Å². The number of nitrogens with zero attached hydrogens (tertiary/aromatic N) is 1. The third-order valence-corrected chi connectivity index (χ3v) is 3.37. The second-order valence-electron chi connectivity index (χ2n) is 5.87. The summed E-state index contributed by atoms with van der Waals surface area (Å²) in [4.78, 5) is 2.23. The number of anilines is 1. The first-order chi connectivity index (χ1) is 7.88. The van der Waals surface area contributed by atoms with E-state index < -0.39 is 0 Å². The SMILES string of the molecule is Cc1ccc(N(C)C2=C=C(C(C)(C)C)C2)cc1. The molecule has 1 nitrogen and oxygen atoms in total. The summed E-state index contributed by atoms with van der Waals surface area (Å²) in [6.45, 7) is 8.86. The summed E-state index contributed by atoms with van der Waals surface area (Å²) in [6.07, 6.45) is 1.06. The fraction of sp³-hybridized carbons (Fsp3) is 0.438. The van der Waals surface area contributed by atoms with E-state index in [2.05, 4.69) is 69.6 Å². The molecule has 0 aromatic heterocycles. The monoisotopic (exact) mass is 227 g/mol. The molecule has 0 N–H and O–H groups in total. The minimum atomic E-state index is 0.262. The molecular weight excluding hydrogens is 206 g/mol. The highest BCUT2D eigenvalue weighted by molar-refractivity contribution is 5.54. The molecule has 1 aliphatic carbocycles. The molecule has 0 atom stereocenters. The maximum atomic E-state index is 3.49. The van der Waals surface area contributed by atoms with Crippen LogP contribution in [0.25, 0.3) is 0 Å². The predicted molar refractivity (Wildman–Crippen MR) is 74.2 cm³/mol. The van der Waals surface area contributed by atoms with E-state index in [1.54, 1.807) is 0 Å². The molecule has 1 aromatic rings. The van der Waals surface area contributed by atoms with Crippen molar-refractivity contribution in [2.75, 3.05) is 11.9 Å². The van der Waals surface area contributed by atoms with Crippen molar-refractivity contribution in [2.45, 2.75) is 34.1 Å². The van der Waals surface area contributed by atoms with Gasteiger partial charge in [-0.25, -0.2) is 0 Å². The molecule has 1 heteroatoms. The second-order valence-corrected chi connectivity index (χ2v) is 5.87. The lowest BCUT2D eigenvalue weighted by atomic mass is 9.80. The van der Waals surface area contributed by atoms with Crippen LogP contribution in [0, 0.1) is 12.3 Å². The second kappa shape index (κ2) is 4.09. The zero-order chi connectivity index (χ0) is 12.6. The van der Waals surface area contributed by atoms with E-state index >= 15 is 0 Å². The Morgan fingerprint density at radius 1 is 1.12 bits per heavy atom. The van der Waals surface area contributed by atoms with Gasteiger partial charge in [0.05, 0.1) is 5.70 Å².